The molecule has 2 rings (SSSR count). The van der Waals surface area contributed by atoms with Gasteiger partial charge in [-0.25, -0.2) is 4.79 Å². The molecule has 2 aromatic rings. The van der Waals surface area contributed by atoms with Crippen molar-refractivity contribution < 1.29 is 24.2 Å². The normalized spacial score (nSPS) is 10.1. The molecule has 8 heteroatoms. The number of phenolic OH excluding ortho intramolecular Hbond substituents is 1. The average molecular weight is 370 g/mol. The van der Waals surface area contributed by atoms with E-state index in [4.69, 9.17) is 32.7 Å². The zero-order valence-corrected chi connectivity index (χ0v) is 14.0. The van der Waals surface area contributed by atoms with Gasteiger partial charge in [0.15, 0.2) is 18.1 Å². The zero-order chi connectivity index (χ0) is 17.7. The van der Waals surface area contributed by atoms with Crippen LogP contribution < -0.4 is 10.1 Å². The third-order valence-electron chi connectivity index (χ3n) is 2.98. The molecule has 0 fully saturated rings. The molecule has 1 amide bonds. The fourth-order valence-electron chi connectivity index (χ4n) is 1.84. The van der Waals surface area contributed by atoms with Crippen LogP contribution in [0.15, 0.2) is 36.4 Å². The predicted molar refractivity (Wildman–Crippen MR) is 90.0 cm³/mol. The molecule has 0 aliphatic heterocycles. The van der Waals surface area contributed by atoms with E-state index in [0.717, 1.165) is 0 Å². The lowest BCUT2D eigenvalue weighted by molar-refractivity contribution is -0.119. The van der Waals surface area contributed by atoms with Gasteiger partial charge in [0, 0.05) is 5.02 Å². The van der Waals surface area contributed by atoms with Gasteiger partial charge in [-0.3, -0.25) is 4.79 Å². The number of carbonyl (C=O) groups excluding carboxylic acids is 2. The van der Waals surface area contributed by atoms with E-state index in [0.29, 0.717) is 10.7 Å². The largest absolute Gasteiger partial charge is 0.504 e. The van der Waals surface area contributed by atoms with Crippen molar-refractivity contribution in [1.29, 1.82) is 0 Å². The Hall–Kier alpha value is -2.44. The molecule has 24 heavy (non-hydrogen) atoms. The van der Waals surface area contributed by atoms with E-state index in [9.17, 15) is 14.7 Å². The molecule has 0 aromatic heterocycles. The number of methoxy groups -OCH3 is 1. The molecule has 0 atom stereocenters. The van der Waals surface area contributed by atoms with E-state index in [2.05, 4.69) is 5.32 Å². The zero-order valence-electron chi connectivity index (χ0n) is 12.5. The highest BCUT2D eigenvalue weighted by molar-refractivity contribution is 6.36. The summed E-state index contributed by atoms with van der Waals surface area (Å²) in [4.78, 5) is 23.8. The highest BCUT2D eigenvalue weighted by Gasteiger charge is 2.17. The summed E-state index contributed by atoms with van der Waals surface area (Å²) in [7, 11) is 1.35. The molecule has 0 heterocycles. The lowest BCUT2D eigenvalue weighted by Gasteiger charge is -2.10. The first-order valence-corrected chi connectivity index (χ1v) is 7.46. The van der Waals surface area contributed by atoms with Crippen LogP contribution in [-0.4, -0.2) is 30.7 Å². The fraction of sp³-hybridized carbons (Fsp3) is 0.125. The highest BCUT2D eigenvalue weighted by atomic mass is 35.5. The van der Waals surface area contributed by atoms with Crippen LogP contribution in [0.5, 0.6) is 11.5 Å². The number of halogens is 2. The number of ether oxygens (including phenoxy) is 2. The van der Waals surface area contributed by atoms with E-state index < -0.39 is 18.5 Å². The molecule has 6 nitrogen and oxygen atoms in total. The molecular weight excluding hydrogens is 357 g/mol. The van der Waals surface area contributed by atoms with Crippen LogP contribution in [0, 0.1) is 0 Å². The number of para-hydroxylation sites is 1. The minimum atomic E-state index is -0.858. The standard InChI is InChI=1S/C16H13Cl2NO5/c1-23-13-4-2-3-10(15(13)21)16(22)24-8-14(20)19-12-6-5-9(17)7-11(12)18/h2-7,21H,8H2,1H3,(H,19,20). The van der Waals surface area contributed by atoms with Crippen molar-refractivity contribution in [2.45, 2.75) is 0 Å². The number of nitrogens with one attached hydrogen (secondary N) is 1. The summed E-state index contributed by atoms with van der Waals surface area (Å²) in [6.45, 7) is -0.547. The topological polar surface area (TPSA) is 84.9 Å². The van der Waals surface area contributed by atoms with Crippen molar-refractivity contribution in [3.05, 3.63) is 52.0 Å². The minimum absolute atomic E-state index is 0.105. The Bertz CT molecular complexity index is 779. The molecule has 0 aliphatic carbocycles. The number of esters is 1. The molecule has 0 saturated heterocycles. The molecule has 0 spiro atoms. The Balaban J connectivity index is 1.97. The van der Waals surface area contributed by atoms with E-state index in [1.807, 2.05) is 0 Å². The van der Waals surface area contributed by atoms with Crippen molar-refractivity contribution in [1.82, 2.24) is 0 Å². The second kappa shape index (κ2) is 7.90. The van der Waals surface area contributed by atoms with Crippen LogP contribution >= 0.6 is 23.2 Å². The smallest absolute Gasteiger partial charge is 0.342 e. The maximum atomic E-state index is 11.9. The summed E-state index contributed by atoms with van der Waals surface area (Å²) in [5.74, 6) is -1.67. The quantitative estimate of drug-likeness (QED) is 0.787. The summed E-state index contributed by atoms with van der Waals surface area (Å²) >= 11 is 11.7. The van der Waals surface area contributed by atoms with Gasteiger partial charge in [-0.1, -0.05) is 29.3 Å². The van der Waals surface area contributed by atoms with Gasteiger partial charge in [0.25, 0.3) is 5.91 Å². The molecule has 0 radical (unpaired) electrons. The van der Waals surface area contributed by atoms with Crippen LogP contribution in [0.1, 0.15) is 10.4 Å². The van der Waals surface area contributed by atoms with Crippen molar-refractivity contribution in [3.63, 3.8) is 0 Å². The first-order chi connectivity index (χ1) is 11.4. The van der Waals surface area contributed by atoms with Crippen LogP contribution in [0.25, 0.3) is 0 Å². The number of phenols is 1. The maximum absolute atomic E-state index is 11.9. The van der Waals surface area contributed by atoms with E-state index >= 15 is 0 Å². The lowest BCUT2D eigenvalue weighted by atomic mass is 10.2. The van der Waals surface area contributed by atoms with Gasteiger partial charge in [0.1, 0.15) is 5.56 Å². The maximum Gasteiger partial charge on any atom is 0.342 e. The fourth-order valence-corrected chi connectivity index (χ4v) is 2.29. The Morgan fingerprint density at radius 3 is 2.62 bits per heavy atom. The number of anilines is 1. The van der Waals surface area contributed by atoms with E-state index in [1.54, 1.807) is 6.07 Å². The molecule has 0 saturated carbocycles. The number of aromatic hydroxyl groups is 1. The Labute approximate surface area is 147 Å². The third-order valence-corrected chi connectivity index (χ3v) is 3.53. The molecule has 2 aromatic carbocycles. The predicted octanol–water partition coefficient (Wildman–Crippen LogP) is 3.50. The van der Waals surface area contributed by atoms with Crippen molar-refractivity contribution >= 4 is 40.8 Å². The summed E-state index contributed by atoms with van der Waals surface area (Å²) < 4.78 is 9.77. The van der Waals surface area contributed by atoms with E-state index in [1.165, 1.54) is 37.4 Å². The van der Waals surface area contributed by atoms with Gasteiger partial charge in [0.2, 0.25) is 0 Å². The highest BCUT2D eigenvalue weighted by Crippen LogP contribution is 2.30. The monoisotopic (exact) mass is 369 g/mol. The Morgan fingerprint density at radius 1 is 1.21 bits per heavy atom. The first kappa shape index (κ1) is 17.9. The van der Waals surface area contributed by atoms with Crippen LogP contribution in [0.4, 0.5) is 5.69 Å². The molecular formula is C16H13Cl2NO5. The van der Waals surface area contributed by atoms with Gasteiger partial charge >= 0.3 is 5.97 Å². The Morgan fingerprint density at radius 2 is 1.96 bits per heavy atom. The van der Waals surface area contributed by atoms with Crippen LogP contribution in [-0.2, 0) is 9.53 Å². The lowest BCUT2D eigenvalue weighted by Crippen LogP contribution is -2.21. The number of hydrogen-bond acceptors (Lipinski definition) is 5. The van der Waals surface area contributed by atoms with E-state index in [-0.39, 0.29) is 22.1 Å². The molecule has 126 valence electrons. The van der Waals surface area contributed by atoms with Gasteiger partial charge < -0.3 is 19.9 Å². The number of hydrogen-bond donors (Lipinski definition) is 2. The van der Waals surface area contributed by atoms with Crippen molar-refractivity contribution in [2.24, 2.45) is 0 Å². The second-order valence-corrected chi connectivity index (χ2v) is 5.45. The van der Waals surface area contributed by atoms with Gasteiger partial charge in [0.05, 0.1) is 17.8 Å². The molecule has 0 bridgehead atoms. The number of benzene rings is 2. The van der Waals surface area contributed by atoms with Gasteiger partial charge in [-0.15, -0.1) is 0 Å². The summed E-state index contributed by atoms with van der Waals surface area (Å²) in [6, 6.07) is 8.92. The molecule has 0 aliphatic rings. The van der Waals surface area contributed by atoms with Crippen molar-refractivity contribution in [3.8, 4) is 11.5 Å². The average Bonchev–Trinajstić information content (AvgIpc) is 2.55. The molecule has 2 N–H and O–H groups in total. The van der Waals surface area contributed by atoms with Crippen LogP contribution in [0.3, 0.4) is 0 Å². The van der Waals surface area contributed by atoms with Crippen LogP contribution in [0.2, 0.25) is 10.0 Å². The minimum Gasteiger partial charge on any atom is -0.504 e. The number of amides is 1. The first-order valence-electron chi connectivity index (χ1n) is 6.70. The number of carbonyl (C=O) groups is 2. The summed E-state index contributed by atoms with van der Waals surface area (Å²) in [6.07, 6.45) is 0. The van der Waals surface area contributed by atoms with Gasteiger partial charge in [-0.2, -0.15) is 0 Å². The Kier molecular flexibility index (Phi) is 5.89. The molecule has 0 unspecified atom stereocenters. The summed E-state index contributed by atoms with van der Waals surface area (Å²) in [5.41, 5.74) is 0.234. The number of rotatable bonds is 5. The van der Waals surface area contributed by atoms with Crippen molar-refractivity contribution in [2.75, 3.05) is 19.0 Å². The SMILES string of the molecule is COc1cccc(C(=O)OCC(=O)Nc2ccc(Cl)cc2Cl)c1O. The summed E-state index contributed by atoms with van der Waals surface area (Å²) in [5, 5.41) is 13.0. The van der Waals surface area contributed by atoms with Gasteiger partial charge in [-0.05, 0) is 30.3 Å². The second-order valence-electron chi connectivity index (χ2n) is 4.60. The third kappa shape index (κ3) is 4.31.